The molecule has 3 heteroatoms. The van der Waals surface area contributed by atoms with Crippen molar-refractivity contribution in [3.05, 3.63) is 33.3 Å². The van der Waals surface area contributed by atoms with Gasteiger partial charge in [0.2, 0.25) is 0 Å². The smallest absolute Gasteiger partial charge is 0.0550 e. The fourth-order valence-corrected chi connectivity index (χ4v) is 2.94. The lowest BCUT2D eigenvalue weighted by Gasteiger charge is -2.28. The first kappa shape index (κ1) is 12.4. The van der Waals surface area contributed by atoms with Crippen LogP contribution in [0.25, 0.3) is 0 Å². The molecule has 1 atom stereocenters. The standard InChI is InChI=1S/C13H17BrClN/c1-2-13(6-3-7-16-13)9-10-4-5-11(14)12(15)8-10/h4-5,8,16H,2-3,6-7,9H2,1H3. The van der Waals surface area contributed by atoms with Gasteiger partial charge in [-0.3, -0.25) is 0 Å². The molecule has 0 bridgehead atoms. The van der Waals surface area contributed by atoms with Gasteiger partial charge in [-0.15, -0.1) is 0 Å². The summed E-state index contributed by atoms with van der Waals surface area (Å²) in [5, 5.41) is 4.45. The summed E-state index contributed by atoms with van der Waals surface area (Å²) in [6, 6.07) is 6.27. The first-order chi connectivity index (χ1) is 7.65. The fourth-order valence-electron chi connectivity index (χ4n) is 2.49. The predicted octanol–water partition coefficient (Wildman–Crippen LogP) is 4.18. The largest absolute Gasteiger partial charge is 0.311 e. The second-order valence-corrected chi connectivity index (χ2v) is 5.85. The molecule has 1 unspecified atom stereocenters. The molecule has 0 radical (unpaired) electrons. The molecule has 0 spiro atoms. The van der Waals surface area contributed by atoms with E-state index < -0.39 is 0 Å². The van der Waals surface area contributed by atoms with Crippen LogP contribution in [0.1, 0.15) is 31.7 Å². The highest BCUT2D eigenvalue weighted by atomic mass is 79.9. The Hall–Kier alpha value is -0.0500. The average Bonchev–Trinajstić information content (AvgIpc) is 2.73. The van der Waals surface area contributed by atoms with Crippen molar-refractivity contribution in [2.45, 2.75) is 38.1 Å². The van der Waals surface area contributed by atoms with E-state index in [9.17, 15) is 0 Å². The molecular formula is C13H17BrClN. The van der Waals surface area contributed by atoms with Crippen LogP contribution in [-0.2, 0) is 6.42 Å². The average molecular weight is 303 g/mol. The Morgan fingerprint density at radius 2 is 2.31 bits per heavy atom. The maximum Gasteiger partial charge on any atom is 0.0550 e. The van der Waals surface area contributed by atoms with E-state index in [1.807, 2.05) is 6.07 Å². The van der Waals surface area contributed by atoms with E-state index in [1.54, 1.807) is 0 Å². The van der Waals surface area contributed by atoms with E-state index in [2.05, 4.69) is 40.3 Å². The molecule has 0 saturated carbocycles. The van der Waals surface area contributed by atoms with E-state index in [0.717, 1.165) is 22.5 Å². The van der Waals surface area contributed by atoms with Crippen molar-refractivity contribution in [2.24, 2.45) is 0 Å². The zero-order valence-electron chi connectivity index (χ0n) is 9.52. The van der Waals surface area contributed by atoms with Crippen molar-refractivity contribution in [3.63, 3.8) is 0 Å². The van der Waals surface area contributed by atoms with Crippen LogP contribution in [0.3, 0.4) is 0 Å². The second-order valence-electron chi connectivity index (χ2n) is 4.59. The number of nitrogens with one attached hydrogen (secondary N) is 1. The van der Waals surface area contributed by atoms with Gasteiger partial charge in [-0.2, -0.15) is 0 Å². The van der Waals surface area contributed by atoms with Crippen LogP contribution < -0.4 is 5.32 Å². The van der Waals surface area contributed by atoms with Gasteiger partial charge in [0.1, 0.15) is 0 Å². The Morgan fingerprint density at radius 3 is 2.88 bits per heavy atom. The maximum absolute atomic E-state index is 6.12. The molecule has 1 aliphatic heterocycles. The van der Waals surface area contributed by atoms with Crippen LogP contribution in [-0.4, -0.2) is 12.1 Å². The van der Waals surface area contributed by atoms with Gasteiger partial charge >= 0.3 is 0 Å². The monoisotopic (exact) mass is 301 g/mol. The molecule has 1 fully saturated rings. The summed E-state index contributed by atoms with van der Waals surface area (Å²) in [6.45, 7) is 3.41. The number of rotatable bonds is 3. The zero-order valence-corrected chi connectivity index (χ0v) is 11.9. The Labute approximate surface area is 111 Å². The van der Waals surface area contributed by atoms with Crippen LogP contribution in [0.5, 0.6) is 0 Å². The van der Waals surface area contributed by atoms with Gasteiger partial charge in [0.25, 0.3) is 0 Å². The summed E-state index contributed by atoms with van der Waals surface area (Å²) in [5.41, 5.74) is 1.63. The minimum Gasteiger partial charge on any atom is -0.311 e. The Balaban J connectivity index is 2.16. The molecule has 1 nitrogen and oxygen atoms in total. The maximum atomic E-state index is 6.12. The van der Waals surface area contributed by atoms with Gasteiger partial charge in [0.15, 0.2) is 0 Å². The molecule has 0 aliphatic carbocycles. The summed E-state index contributed by atoms with van der Waals surface area (Å²) in [4.78, 5) is 0. The fraction of sp³-hybridized carbons (Fsp3) is 0.538. The predicted molar refractivity (Wildman–Crippen MR) is 73.1 cm³/mol. The Kier molecular flexibility index (Phi) is 3.93. The van der Waals surface area contributed by atoms with Gasteiger partial charge in [-0.25, -0.2) is 0 Å². The molecule has 0 aromatic heterocycles. The van der Waals surface area contributed by atoms with Crippen molar-refractivity contribution >= 4 is 27.5 Å². The van der Waals surface area contributed by atoms with Crippen molar-refractivity contribution < 1.29 is 0 Å². The third-order valence-corrected chi connectivity index (χ3v) is 4.77. The summed E-state index contributed by atoms with van der Waals surface area (Å²) < 4.78 is 0.975. The van der Waals surface area contributed by atoms with E-state index in [-0.39, 0.29) is 0 Å². The van der Waals surface area contributed by atoms with Crippen molar-refractivity contribution in [1.82, 2.24) is 5.32 Å². The number of hydrogen-bond acceptors (Lipinski definition) is 1. The van der Waals surface area contributed by atoms with Crippen LogP contribution in [0.2, 0.25) is 5.02 Å². The lowest BCUT2D eigenvalue weighted by atomic mass is 9.87. The molecule has 16 heavy (non-hydrogen) atoms. The van der Waals surface area contributed by atoms with E-state index in [0.29, 0.717) is 5.54 Å². The topological polar surface area (TPSA) is 12.0 Å². The molecule has 1 saturated heterocycles. The number of halogens is 2. The normalized spacial score (nSPS) is 24.9. The van der Waals surface area contributed by atoms with Crippen molar-refractivity contribution in [2.75, 3.05) is 6.54 Å². The lowest BCUT2D eigenvalue weighted by Crippen LogP contribution is -2.41. The minimum absolute atomic E-state index is 0.303. The van der Waals surface area contributed by atoms with Crippen molar-refractivity contribution in [3.8, 4) is 0 Å². The van der Waals surface area contributed by atoms with Gasteiger partial charge in [-0.05, 0) is 65.9 Å². The Morgan fingerprint density at radius 1 is 1.50 bits per heavy atom. The summed E-state index contributed by atoms with van der Waals surface area (Å²) in [6.07, 6.45) is 4.83. The molecule has 88 valence electrons. The minimum atomic E-state index is 0.303. The highest BCUT2D eigenvalue weighted by Crippen LogP contribution is 2.30. The van der Waals surface area contributed by atoms with Gasteiger partial charge in [0.05, 0.1) is 5.02 Å². The van der Waals surface area contributed by atoms with E-state index >= 15 is 0 Å². The first-order valence-corrected chi connectivity index (χ1v) is 7.01. The van der Waals surface area contributed by atoms with Crippen molar-refractivity contribution in [1.29, 1.82) is 0 Å². The summed E-state index contributed by atoms with van der Waals surface area (Å²) in [7, 11) is 0. The molecular weight excluding hydrogens is 286 g/mol. The van der Waals surface area contributed by atoms with Crippen LogP contribution in [0.4, 0.5) is 0 Å². The second kappa shape index (κ2) is 5.07. The van der Waals surface area contributed by atoms with E-state index in [1.165, 1.54) is 24.8 Å². The highest BCUT2D eigenvalue weighted by molar-refractivity contribution is 9.10. The molecule has 0 amide bonds. The van der Waals surface area contributed by atoms with Crippen LogP contribution >= 0.6 is 27.5 Å². The SMILES string of the molecule is CCC1(Cc2ccc(Br)c(Cl)c2)CCCN1. The highest BCUT2D eigenvalue weighted by Gasteiger charge is 2.31. The molecule has 1 N–H and O–H groups in total. The number of hydrogen-bond donors (Lipinski definition) is 1. The van der Waals surface area contributed by atoms with Gasteiger partial charge < -0.3 is 5.32 Å². The zero-order chi connectivity index (χ0) is 11.6. The molecule has 2 rings (SSSR count). The summed E-state index contributed by atoms with van der Waals surface area (Å²) in [5.74, 6) is 0. The first-order valence-electron chi connectivity index (χ1n) is 5.84. The summed E-state index contributed by atoms with van der Waals surface area (Å²) >= 11 is 9.55. The van der Waals surface area contributed by atoms with Crippen LogP contribution in [0.15, 0.2) is 22.7 Å². The molecule has 1 aromatic carbocycles. The van der Waals surface area contributed by atoms with Crippen LogP contribution in [0, 0.1) is 0 Å². The Bertz CT molecular complexity index is 372. The third-order valence-electron chi connectivity index (χ3n) is 3.54. The third kappa shape index (κ3) is 2.61. The number of benzene rings is 1. The van der Waals surface area contributed by atoms with Gasteiger partial charge in [0, 0.05) is 10.0 Å². The molecule has 1 aromatic rings. The lowest BCUT2D eigenvalue weighted by molar-refractivity contribution is 0.360. The van der Waals surface area contributed by atoms with Gasteiger partial charge in [-0.1, -0.05) is 24.6 Å². The molecule has 1 aliphatic rings. The molecule has 1 heterocycles. The van der Waals surface area contributed by atoms with E-state index in [4.69, 9.17) is 11.6 Å². The quantitative estimate of drug-likeness (QED) is 0.883.